The molecule has 104 valence electrons. The number of nitro groups is 1. The van der Waals surface area contributed by atoms with Crippen molar-refractivity contribution in [2.45, 2.75) is 6.92 Å². The third-order valence-corrected chi connectivity index (χ3v) is 3.24. The van der Waals surface area contributed by atoms with Gasteiger partial charge in [-0.05, 0) is 40.5 Å². The number of benzene rings is 1. The van der Waals surface area contributed by atoms with Crippen LogP contribution in [0.1, 0.15) is 5.56 Å². The molecular formula is C12H12BrN5O2. The van der Waals surface area contributed by atoms with Gasteiger partial charge in [0, 0.05) is 4.47 Å². The summed E-state index contributed by atoms with van der Waals surface area (Å²) in [6.07, 6.45) is 0. The number of nitrogens with one attached hydrogen (secondary N) is 2. The van der Waals surface area contributed by atoms with Crippen LogP contribution >= 0.6 is 15.9 Å². The zero-order valence-electron chi connectivity index (χ0n) is 10.6. The van der Waals surface area contributed by atoms with Gasteiger partial charge >= 0.3 is 0 Å². The minimum absolute atomic E-state index is 0.0979. The Hall–Kier alpha value is -2.19. The van der Waals surface area contributed by atoms with E-state index in [-0.39, 0.29) is 11.5 Å². The second-order valence-electron chi connectivity index (χ2n) is 4.11. The van der Waals surface area contributed by atoms with E-state index in [0.29, 0.717) is 5.82 Å². The van der Waals surface area contributed by atoms with Crippen molar-refractivity contribution >= 4 is 38.9 Å². The number of hydrogen-bond donors (Lipinski definition) is 3. The highest BCUT2D eigenvalue weighted by Gasteiger charge is 2.11. The first-order valence-electron chi connectivity index (χ1n) is 5.66. The van der Waals surface area contributed by atoms with Crippen LogP contribution in [0.2, 0.25) is 0 Å². The lowest BCUT2D eigenvalue weighted by atomic mass is 10.2. The van der Waals surface area contributed by atoms with Gasteiger partial charge in [0.2, 0.25) is 0 Å². The van der Waals surface area contributed by atoms with Crippen LogP contribution in [0.5, 0.6) is 0 Å². The molecule has 1 heterocycles. The predicted octanol–water partition coefficient (Wildman–Crippen LogP) is 3.09. The summed E-state index contributed by atoms with van der Waals surface area (Å²) in [4.78, 5) is 14.5. The highest BCUT2D eigenvalue weighted by molar-refractivity contribution is 9.10. The molecule has 0 aliphatic carbocycles. The number of nitrogens with zero attached hydrogens (tertiary/aromatic N) is 2. The number of nitrogen functional groups attached to an aromatic ring is 1. The maximum atomic E-state index is 10.9. The molecule has 0 aliphatic rings. The van der Waals surface area contributed by atoms with Gasteiger partial charge in [0.25, 0.3) is 5.69 Å². The Morgan fingerprint density at radius 1 is 1.30 bits per heavy atom. The average molecular weight is 338 g/mol. The number of aryl methyl sites for hydroxylation is 1. The van der Waals surface area contributed by atoms with Crippen molar-refractivity contribution in [3.63, 3.8) is 0 Å². The third kappa shape index (κ3) is 3.22. The Kier molecular flexibility index (Phi) is 4.16. The van der Waals surface area contributed by atoms with Gasteiger partial charge in [-0.15, -0.1) is 0 Å². The summed E-state index contributed by atoms with van der Waals surface area (Å²) in [6, 6.07) is 8.34. The van der Waals surface area contributed by atoms with E-state index in [1.54, 1.807) is 0 Å². The summed E-state index contributed by atoms with van der Waals surface area (Å²) in [6.45, 7) is 1.95. The normalized spacial score (nSPS) is 10.2. The molecule has 4 N–H and O–H groups in total. The van der Waals surface area contributed by atoms with Crippen molar-refractivity contribution in [2.24, 2.45) is 5.84 Å². The SMILES string of the molecule is Cc1ccc(Br)c(Nc2cc([N+](=O)[O-])cc(NN)n2)c1. The summed E-state index contributed by atoms with van der Waals surface area (Å²) < 4.78 is 0.832. The molecule has 2 rings (SSSR count). The molecule has 0 saturated heterocycles. The van der Waals surface area contributed by atoms with Gasteiger partial charge < -0.3 is 10.7 Å². The van der Waals surface area contributed by atoms with Crippen molar-refractivity contribution in [1.29, 1.82) is 0 Å². The van der Waals surface area contributed by atoms with E-state index < -0.39 is 4.92 Å². The van der Waals surface area contributed by atoms with Crippen molar-refractivity contribution < 1.29 is 4.92 Å². The quantitative estimate of drug-likeness (QED) is 0.449. The minimum atomic E-state index is -0.501. The lowest BCUT2D eigenvalue weighted by Gasteiger charge is -2.10. The Bertz CT molecular complexity index is 662. The molecule has 0 aliphatic heterocycles. The number of rotatable bonds is 4. The van der Waals surface area contributed by atoms with E-state index >= 15 is 0 Å². The minimum Gasteiger partial charge on any atom is -0.339 e. The van der Waals surface area contributed by atoms with Crippen LogP contribution in [0.3, 0.4) is 0 Å². The molecule has 0 bridgehead atoms. The third-order valence-electron chi connectivity index (χ3n) is 2.55. The fraction of sp³-hybridized carbons (Fsp3) is 0.0833. The topological polar surface area (TPSA) is 106 Å². The van der Waals surface area contributed by atoms with Gasteiger partial charge in [-0.3, -0.25) is 10.1 Å². The van der Waals surface area contributed by atoms with E-state index in [1.165, 1.54) is 12.1 Å². The first-order valence-corrected chi connectivity index (χ1v) is 6.45. The van der Waals surface area contributed by atoms with Crippen molar-refractivity contribution in [3.05, 3.63) is 50.5 Å². The lowest BCUT2D eigenvalue weighted by Crippen LogP contribution is -2.10. The Morgan fingerprint density at radius 2 is 2.00 bits per heavy atom. The van der Waals surface area contributed by atoms with Crippen LogP contribution in [0.25, 0.3) is 0 Å². The predicted molar refractivity (Wildman–Crippen MR) is 80.9 cm³/mol. The van der Waals surface area contributed by atoms with Gasteiger partial charge in [0.1, 0.15) is 11.6 Å². The molecule has 2 aromatic rings. The van der Waals surface area contributed by atoms with Gasteiger partial charge in [-0.2, -0.15) is 0 Å². The zero-order valence-corrected chi connectivity index (χ0v) is 12.1. The van der Waals surface area contributed by atoms with Crippen LogP contribution in [0, 0.1) is 17.0 Å². The van der Waals surface area contributed by atoms with Crippen LogP contribution in [0.4, 0.5) is 23.0 Å². The molecule has 0 saturated carbocycles. The van der Waals surface area contributed by atoms with E-state index in [9.17, 15) is 10.1 Å². The molecule has 0 fully saturated rings. The Morgan fingerprint density at radius 3 is 2.65 bits per heavy atom. The fourth-order valence-corrected chi connectivity index (χ4v) is 1.98. The van der Waals surface area contributed by atoms with Gasteiger partial charge in [0.05, 0.1) is 22.7 Å². The van der Waals surface area contributed by atoms with Crippen molar-refractivity contribution in [1.82, 2.24) is 4.98 Å². The van der Waals surface area contributed by atoms with E-state index in [4.69, 9.17) is 5.84 Å². The number of hydrazine groups is 1. The number of nitrogens with two attached hydrogens (primary N) is 1. The first-order chi connectivity index (χ1) is 9.49. The van der Waals surface area contributed by atoms with E-state index in [2.05, 4.69) is 31.7 Å². The summed E-state index contributed by atoms with van der Waals surface area (Å²) in [5.41, 5.74) is 4.03. The molecule has 0 unspecified atom stereocenters. The van der Waals surface area contributed by atoms with Crippen molar-refractivity contribution in [2.75, 3.05) is 10.7 Å². The molecule has 8 heteroatoms. The maximum absolute atomic E-state index is 10.9. The highest BCUT2D eigenvalue weighted by Crippen LogP contribution is 2.28. The largest absolute Gasteiger partial charge is 0.339 e. The standard InChI is InChI=1S/C12H12BrN5O2/c1-7-2-3-9(13)10(4-7)15-11-5-8(18(19)20)6-12(16-11)17-14/h2-6H,14H2,1H3,(H2,15,16,17). The Labute approximate surface area is 123 Å². The fourth-order valence-electron chi connectivity index (χ4n) is 1.63. The van der Waals surface area contributed by atoms with Gasteiger partial charge in [-0.25, -0.2) is 10.8 Å². The van der Waals surface area contributed by atoms with Crippen LogP contribution in [-0.4, -0.2) is 9.91 Å². The smallest absolute Gasteiger partial charge is 0.276 e. The van der Waals surface area contributed by atoms with Gasteiger partial charge in [0.15, 0.2) is 0 Å². The van der Waals surface area contributed by atoms with Crippen LogP contribution in [-0.2, 0) is 0 Å². The number of aromatic nitrogens is 1. The molecule has 0 radical (unpaired) electrons. The van der Waals surface area contributed by atoms with Crippen LogP contribution in [0.15, 0.2) is 34.8 Å². The zero-order chi connectivity index (χ0) is 14.7. The molecule has 0 spiro atoms. The van der Waals surface area contributed by atoms with Gasteiger partial charge in [-0.1, -0.05) is 6.07 Å². The number of pyridine rings is 1. The second-order valence-corrected chi connectivity index (χ2v) is 4.96. The molecule has 0 atom stereocenters. The summed E-state index contributed by atoms with van der Waals surface area (Å²) in [5.74, 6) is 5.81. The molecule has 0 amide bonds. The molecule has 20 heavy (non-hydrogen) atoms. The molecule has 1 aromatic heterocycles. The molecule has 7 nitrogen and oxygen atoms in total. The molecule has 1 aromatic carbocycles. The number of hydrogen-bond acceptors (Lipinski definition) is 6. The maximum Gasteiger partial charge on any atom is 0.276 e. The number of anilines is 3. The van der Waals surface area contributed by atoms with Crippen LogP contribution < -0.4 is 16.6 Å². The summed E-state index contributed by atoms with van der Waals surface area (Å²) >= 11 is 3.41. The summed E-state index contributed by atoms with van der Waals surface area (Å²) in [5, 5.41) is 13.9. The Balaban J connectivity index is 2.39. The lowest BCUT2D eigenvalue weighted by molar-refractivity contribution is -0.384. The van der Waals surface area contributed by atoms with E-state index in [0.717, 1.165) is 15.7 Å². The second kappa shape index (κ2) is 5.85. The number of halogens is 1. The summed E-state index contributed by atoms with van der Waals surface area (Å²) in [7, 11) is 0. The molecular weight excluding hydrogens is 326 g/mol. The highest BCUT2D eigenvalue weighted by atomic mass is 79.9. The monoisotopic (exact) mass is 337 g/mol. The average Bonchev–Trinajstić information content (AvgIpc) is 2.42. The first kappa shape index (κ1) is 14.2. The van der Waals surface area contributed by atoms with Crippen molar-refractivity contribution in [3.8, 4) is 0 Å². The van der Waals surface area contributed by atoms with E-state index in [1.807, 2.05) is 25.1 Å².